The third-order valence-corrected chi connectivity index (χ3v) is 2.90. The molecule has 5 heteroatoms. The number of carboxylic acid groups (broad SMARTS) is 1. The summed E-state index contributed by atoms with van der Waals surface area (Å²) in [6.45, 7) is 9.45. The second kappa shape index (κ2) is 6.47. The molecular formula is C12H24N2O3. The van der Waals surface area contributed by atoms with Crippen LogP contribution in [-0.4, -0.2) is 28.7 Å². The van der Waals surface area contributed by atoms with E-state index in [9.17, 15) is 9.59 Å². The Bertz CT molecular complexity index is 277. The minimum Gasteiger partial charge on any atom is -0.481 e. The van der Waals surface area contributed by atoms with Crippen LogP contribution in [0.2, 0.25) is 0 Å². The van der Waals surface area contributed by atoms with Crippen LogP contribution in [0.1, 0.15) is 47.5 Å². The smallest absolute Gasteiger partial charge is 0.315 e. The summed E-state index contributed by atoms with van der Waals surface area (Å²) in [6.07, 6.45) is 0.887. The van der Waals surface area contributed by atoms with Crippen LogP contribution in [0.25, 0.3) is 0 Å². The van der Waals surface area contributed by atoms with Crippen LogP contribution in [0.3, 0.4) is 0 Å². The van der Waals surface area contributed by atoms with Gasteiger partial charge in [0, 0.05) is 11.6 Å². The number of nitrogens with one attached hydrogen (secondary N) is 2. The van der Waals surface area contributed by atoms with Crippen molar-refractivity contribution in [2.24, 2.45) is 5.92 Å². The molecule has 0 heterocycles. The number of amides is 2. The Morgan fingerprint density at radius 3 is 2.24 bits per heavy atom. The number of urea groups is 1. The van der Waals surface area contributed by atoms with Crippen molar-refractivity contribution in [2.75, 3.05) is 0 Å². The summed E-state index contributed by atoms with van der Waals surface area (Å²) in [5, 5.41) is 14.2. The highest BCUT2D eigenvalue weighted by Gasteiger charge is 2.24. The zero-order valence-electron chi connectivity index (χ0n) is 11.3. The van der Waals surface area contributed by atoms with Gasteiger partial charge in [0.25, 0.3) is 0 Å². The molecule has 0 bridgehead atoms. The molecule has 0 aliphatic carbocycles. The average Bonchev–Trinajstić information content (AvgIpc) is 2.12. The molecule has 2 amide bonds. The summed E-state index contributed by atoms with van der Waals surface area (Å²) in [5.74, 6) is -0.534. The number of carboxylic acids is 1. The van der Waals surface area contributed by atoms with Gasteiger partial charge in [-0.15, -0.1) is 0 Å². The molecule has 0 saturated heterocycles. The zero-order chi connectivity index (χ0) is 13.6. The monoisotopic (exact) mass is 244 g/mol. The van der Waals surface area contributed by atoms with Gasteiger partial charge in [-0.05, 0) is 26.7 Å². The second-order valence-electron chi connectivity index (χ2n) is 5.23. The van der Waals surface area contributed by atoms with E-state index in [0.29, 0.717) is 5.92 Å². The van der Waals surface area contributed by atoms with Gasteiger partial charge in [0.1, 0.15) is 0 Å². The Hall–Kier alpha value is -1.26. The maximum absolute atomic E-state index is 11.7. The van der Waals surface area contributed by atoms with Crippen LogP contribution >= 0.6 is 0 Å². The van der Waals surface area contributed by atoms with E-state index in [-0.39, 0.29) is 18.5 Å². The topological polar surface area (TPSA) is 78.4 Å². The Kier molecular flexibility index (Phi) is 5.99. The molecule has 2 unspecified atom stereocenters. The Labute approximate surface area is 103 Å². The van der Waals surface area contributed by atoms with Gasteiger partial charge in [0.05, 0.1) is 6.42 Å². The van der Waals surface area contributed by atoms with Crippen LogP contribution in [0.5, 0.6) is 0 Å². The molecule has 100 valence electrons. The van der Waals surface area contributed by atoms with Crippen molar-refractivity contribution in [1.82, 2.24) is 10.6 Å². The Balaban J connectivity index is 4.21. The summed E-state index contributed by atoms with van der Waals surface area (Å²) in [7, 11) is 0. The molecule has 0 aromatic heterocycles. The molecule has 0 aromatic carbocycles. The van der Waals surface area contributed by atoms with Crippen molar-refractivity contribution in [3.05, 3.63) is 0 Å². The molecule has 5 nitrogen and oxygen atoms in total. The lowest BCUT2D eigenvalue weighted by atomic mass is 10.00. The van der Waals surface area contributed by atoms with Crippen LogP contribution in [0.15, 0.2) is 0 Å². The molecule has 2 atom stereocenters. The van der Waals surface area contributed by atoms with Gasteiger partial charge in [0.15, 0.2) is 0 Å². The van der Waals surface area contributed by atoms with Gasteiger partial charge in [-0.1, -0.05) is 20.3 Å². The molecule has 0 aliphatic heterocycles. The van der Waals surface area contributed by atoms with E-state index in [1.807, 2.05) is 6.92 Å². The molecule has 3 N–H and O–H groups in total. The lowest BCUT2D eigenvalue weighted by Crippen LogP contribution is -2.52. The first kappa shape index (κ1) is 15.7. The van der Waals surface area contributed by atoms with Crippen molar-refractivity contribution in [3.8, 4) is 0 Å². The van der Waals surface area contributed by atoms with E-state index in [4.69, 9.17) is 5.11 Å². The molecule has 0 radical (unpaired) electrons. The number of hydrogen-bond donors (Lipinski definition) is 3. The van der Waals surface area contributed by atoms with Crippen molar-refractivity contribution in [2.45, 2.75) is 59.0 Å². The average molecular weight is 244 g/mol. The summed E-state index contributed by atoms with van der Waals surface area (Å²) >= 11 is 0. The normalized spacial score (nSPS) is 14.9. The van der Waals surface area contributed by atoms with Gasteiger partial charge in [0.2, 0.25) is 0 Å². The summed E-state index contributed by atoms with van der Waals surface area (Å²) in [5.41, 5.74) is -0.745. The van der Waals surface area contributed by atoms with Crippen molar-refractivity contribution >= 4 is 12.0 Å². The third-order valence-electron chi connectivity index (χ3n) is 2.90. The lowest BCUT2D eigenvalue weighted by Gasteiger charge is -2.27. The van der Waals surface area contributed by atoms with Crippen LogP contribution in [0, 0.1) is 5.92 Å². The number of hydrogen-bond acceptors (Lipinski definition) is 2. The fourth-order valence-corrected chi connectivity index (χ4v) is 1.47. The van der Waals surface area contributed by atoms with E-state index in [1.54, 1.807) is 13.8 Å². The van der Waals surface area contributed by atoms with Crippen molar-refractivity contribution in [1.29, 1.82) is 0 Å². The quantitative estimate of drug-likeness (QED) is 0.668. The largest absolute Gasteiger partial charge is 0.481 e. The van der Waals surface area contributed by atoms with Crippen molar-refractivity contribution < 1.29 is 14.7 Å². The minimum absolute atomic E-state index is 0.0700. The molecule has 0 saturated carbocycles. The zero-order valence-corrected chi connectivity index (χ0v) is 11.3. The predicted molar refractivity (Wildman–Crippen MR) is 66.9 cm³/mol. The Morgan fingerprint density at radius 2 is 1.82 bits per heavy atom. The molecule has 0 rings (SSSR count). The molecular weight excluding hydrogens is 220 g/mol. The van der Waals surface area contributed by atoms with E-state index in [0.717, 1.165) is 6.42 Å². The lowest BCUT2D eigenvalue weighted by molar-refractivity contribution is -0.138. The molecule has 0 aliphatic rings. The van der Waals surface area contributed by atoms with Gasteiger partial charge in [-0.2, -0.15) is 0 Å². The van der Waals surface area contributed by atoms with Crippen LogP contribution < -0.4 is 10.6 Å². The third kappa shape index (κ3) is 6.81. The SMILES string of the molecule is CCC(C)C(C)NC(=O)NC(C)(C)CC(=O)O. The first-order valence-corrected chi connectivity index (χ1v) is 5.98. The van der Waals surface area contributed by atoms with Gasteiger partial charge >= 0.3 is 12.0 Å². The van der Waals surface area contributed by atoms with Gasteiger partial charge < -0.3 is 15.7 Å². The first-order valence-electron chi connectivity index (χ1n) is 5.98. The fourth-order valence-electron chi connectivity index (χ4n) is 1.47. The van der Waals surface area contributed by atoms with E-state index in [1.165, 1.54) is 0 Å². The highest BCUT2D eigenvalue weighted by Crippen LogP contribution is 2.09. The maximum Gasteiger partial charge on any atom is 0.315 e. The number of carbonyl (C=O) groups is 2. The van der Waals surface area contributed by atoms with E-state index < -0.39 is 11.5 Å². The molecule has 0 fully saturated rings. The Morgan fingerprint density at radius 1 is 1.29 bits per heavy atom. The van der Waals surface area contributed by atoms with Crippen LogP contribution in [0.4, 0.5) is 4.79 Å². The summed E-state index contributed by atoms with van der Waals surface area (Å²) < 4.78 is 0. The summed E-state index contributed by atoms with van der Waals surface area (Å²) in [6, 6.07) is -0.246. The van der Waals surface area contributed by atoms with Gasteiger partial charge in [-0.3, -0.25) is 4.79 Å². The highest BCUT2D eigenvalue weighted by molar-refractivity contribution is 5.76. The molecule has 17 heavy (non-hydrogen) atoms. The maximum atomic E-state index is 11.7. The van der Waals surface area contributed by atoms with E-state index >= 15 is 0 Å². The predicted octanol–water partition coefficient (Wildman–Crippen LogP) is 1.97. The first-order chi connectivity index (χ1) is 7.68. The fraction of sp³-hybridized carbons (Fsp3) is 0.833. The summed E-state index contributed by atoms with van der Waals surface area (Å²) in [4.78, 5) is 22.3. The van der Waals surface area contributed by atoms with Crippen molar-refractivity contribution in [3.63, 3.8) is 0 Å². The molecule has 0 aromatic rings. The number of carbonyl (C=O) groups excluding carboxylic acids is 1. The van der Waals surface area contributed by atoms with Gasteiger partial charge in [-0.25, -0.2) is 4.79 Å². The number of rotatable bonds is 6. The van der Waals surface area contributed by atoms with Crippen LogP contribution in [-0.2, 0) is 4.79 Å². The number of aliphatic carboxylic acids is 1. The minimum atomic E-state index is -0.926. The molecule has 0 spiro atoms. The highest BCUT2D eigenvalue weighted by atomic mass is 16.4. The second-order valence-corrected chi connectivity index (χ2v) is 5.23. The standard InChI is InChI=1S/C12H24N2O3/c1-6-8(2)9(3)13-11(17)14-12(4,5)7-10(15)16/h8-9H,6-7H2,1-5H3,(H,15,16)(H2,13,14,17). The van der Waals surface area contributed by atoms with E-state index in [2.05, 4.69) is 24.5 Å².